The molecule has 1 amide bonds. The summed E-state index contributed by atoms with van der Waals surface area (Å²) in [6.07, 6.45) is 3.61. The predicted molar refractivity (Wildman–Crippen MR) is 80.3 cm³/mol. The Kier molecular flexibility index (Phi) is 7.39. The molecule has 0 aliphatic carbocycles. The molecule has 4 nitrogen and oxygen atoms in total. The van der Waals surface area contributed by atoms with Gasteiger partial charge in [0.05, 0.1) is 6.54 Å². The van der Waals surface area contributed by atoms with Gasteiger partial charge in [-0.15, -0.1) is 0 Å². The van der Waals surface area contributed by atoms with Crippen LogP contribution in [0.5, 0.6) is 0 Å². The second kappa shape index (κ2) is 8.54. The zero-order chi connectivity index (χ0) is 14.3. The van der Waals surface area contributed by atoms with Gasteiger partial charge in [0.1, 0.15) is 0 Å². The van der Waals surface area contributed by atoms with Gasteiger partial charge in [-0.05, 0) is 47.0 Å². The molecule has 0 aromatic heterocycles. The second-order valence-corrected chi connectivity index (χ2v) is 6.04. The molecule has 0 atom stereocenters. The zero-order valence-corrected chi connectivity index (χ0v) is 13.1. The van der Waals surface area contributed by atoms with Gasteiger partial charge in [-0.3, -0.25) is 9.69 Å². The molecule has 1 saturated heterocycles. The van der Waals surface area contributed by atoms with E-state index in [2.05, 4.69) is 37.9 Å². The molecule has 1 aliphatic rings. The van der Waals surface area contributed by atoms with Crippen molar-refractivity contribution in [1.82, 2.24) is 15.1 Å². The lowest BCUT2D eigenvalue weighted by Gasteiger charge is -2.31. The Hall–Kier alpha value is -0.610. The Morgan fingerprint density at radius 1 is 1.11 bits per heavy atom. The maximum atomic E-state index is 12.0. The molecule has 0 aromatic rings. The van der Waals surface area contributed by atoms with Crippen LogP contribution in [-0.4, -0.2) is 60.5 Å². The van der Waals surface area contributed by atoms with Crippen molar-refractivity contribution in [2.75, 3.05) is 32.7 Å². The van der Waals surface area contributed by atoms with E-state index in [1.54, 1.807) is 0 Å². The number of hydrogen-bond donors (Lipinski definition) is 1. The van der Waals surface area contributed by atoms with Crippen LogP contribution in [0.1, 0.15) is 47.0 Å². The van der Waals surface area contributed by atoms with Gasteiger partial charge in [-0.1, -0.05) is 0 Å². The minimum atomic E-state index is 0.264. The van der Waals surface area contributed by atoms with E-state index >= 15 is 0 Å². The number of rotatable bonds is 7. The van der Waals surface area contributed by atoms with E-state index in [9.17, 15) is 4.79 Å². The van der Waals surface area contributed by atoms with E-state index < -0.39 is 0 Å². The van der Waals surface area contributed by atoms with Crippen LogP contribution in [0.15, 0.2) is 0 Å². The Balaban J connectivity index is 2.17. The molecule has 1 rings (SSSR count). The van der Waals surface area contributed by atoms with Crippen molar-refractivity contribution in [1.29, 1.82) is 0 Å². The molecule has 0 saturated carbocycles. The molecule has 0 spiro atoms. The van der Waals surface area contributed by atoms with E-state index in [4.69, 9.17) is 0 Å². The molecule has 19 heavy (non-hydrogen) atoms. The molecule has 0 unspecified atom stereocenters. The lowest BCUT2D eigenvalue weighted by Crippen LogP contribution is -2.45. The predicted octanol–water partition coefficient (Wildman–Crippen LogP) is 1.71. The number of nitrogens with zero attached hydrogens (tertiary/aromatic N) is 2. The molecule has 4 heteroatoms. The summed E-state index contributed by atoms with van der Waals surface area (Å²) in [6, 6.07) is 1.11. The molecule has 1 N–H and O–H groups in total. The van der Waals surface area contributed by atoms with E-state index in [1.165, 1.54) is 19.3 Å². The summed E-state index contributed by atoms with van der Waals surface area (Å²) in [4.78, 5) is 16.4. The highest BCUT2D eigenvalue weighted by Crippen LogP contribution is 2.08. The Labute approximate surface area is 118 Å². The normalized spacial score (nSPS) is 16.7. The lowest BCUT2D eigenvalue weighted by atomic mass is 10.1. The third-order valence-corrected chi connectivity index (χ3v) is 3.86. The molecule has 112 valence electrons. The Morgan fingerprint density at radius 2 is 1.68 bits per heavy atom. The van der Waals surface area contributed by atoms with Crippen LogP contribution in [0.2, 0.25) is 0 Å². The van der Waals surface area contributed by atoms with Crippen LogP contribution < -0.4 is 5.32 Å². The van der Waals surface area contributed by atoms with Crippen LogP contribution in [0.3, 0.4) is 0 Å². The molecular weight excluding hydrogens is 238 g/mol. The zero-order valence-electron chi connectivity index (χ0n) is 13.1. The fraction of sp³-hybridized carbons (Fsp3) is 0.933. The third kappa shape index (κ3) is 5.91. The molecular formula is C15H31N3O. The van der Waals surface area contributed by atoms with Crippen molar-refractivity contribution < 1.29 is 4.79 Å². The van der Waals surface area contributed by atoms with Gasteiger partial charge >= 0.3 is 0 Å². The van der Waals surface area contributed by atoms with E-state index in [-0.39, 0.29) is 5.91 Å². The number of likely N-dealkylation sites (tertiary alicyclic amines) is 1. The smallest absolute Gasteiger partial charge is 0.236 e. The number of carbonyl (C=O) groups is 1. The van der Waals surface area contributed by atoms with Crippen LogP contribution in [0, 0.1) is 0 Å². The van der Waals surface area contributed by atoms with Crippen LogP contribution in [0.4, 0.5) is 0 Å². The fourth-order valence-corrected chi connectivity index (χ4v) is 2.77. The summed E-state index contributed by atoms with van der Waals surface area (Å²) in [5.41, 5.74) is 0. The first-order chi connectivity index (χ1) is 9.02. The standard InChI is InChI=1S/C15H31N3O/c1-13(2)18(14(3)4)11-8-16-12-15(19)17-9-6-5-7-10-17/h13-14,16H,5-12H2,1-4H3. The lowest BCUT2D eigenvalue weighted by molar-refractivity contribution is -0.131. The second-order valence-electron chi connectivity index (χ2n) is 6.04. The van der Waals surface area contributed by atoms with Gasteiger partial charge in [-0.25, -0.2) is 0 Å². The summed E-state index contributed by atoms with van der Waals surface area (Å²) in [5.74, 6) is 0.264. The first-order valence-corrected chi connectivity index (χ1v) is 7.76. The van der Waals surface area contributed by atoms with Crippen molar-refractivity contribution >= 4 is 5.91 Å². The minimum Gasteiger partial charge on any atom is -0.342 e. The van der Waals surface area contributed by atoms with E-state index in [0.29, 0.717) is 18.6 Å². The quantitative estimate of drug-likeness (QED) is 0.715. The Morgan fingerprint density at radius 3 is 2.21 bits per heavy atom. The maximum absolute atomic E-state index is 12.0. The van der Waals surface area contributed by atoms with E-state index in [0.717, 1.165) is 26.2 Å². The first kappa shape index (κ1) is 16.4. The molecule has 0 aromatic carbocycles. The van der Waals surface area contributed by atoms with Gasteiger partial charge < -0.3 is 10.2 Å². The van der Waals surface area contributed by atoms with E-state index in [1.807, 2.05) is 4.90 Å². The highest BCUT2D eigenvalue weighted by Gasteiger charge is 2.16. The highest BCUT2D eigenvalue weighted by molar-refractivity contribution is 5.78. The summed E-state index contributed by atoms with van der Waals surface area (Å²) in [7, 11) is 0. The van der Waals surface area contributed by atoms with Gasteiger partial charge in [0.25, 0.3) is 0 Å². The van der Waals surface area contributed by atoms with Gasteiger partial charge in [-0.2, -0.15) is 0 Å². The van der Waals surface area contributed by atoms with Gasteiger partial charge in [0, 0.05) is 38.3 Å². The average Bonchev–Trinajstić information content (AvgIpc) is 2.38. The number of nitrogens with one attached hydrogen (secondary N) is 1. The van der Waals surface area contributed by atoms with Gasteiger partial charge in [0.2, 0.25) is 5.91 Å². The Bertz CT molecular complexity index is 252. The summed E-state index contributed by atoms with van der Waals surface area (Å²) < 4.78 is 0. The number of piperidine rings is 1. The largest absolute Gasteiger partial charge is 0.342 e. The monoisotopic (exact) mass is 269 g/mol. The fourth-order valence-electron chi connectivity index (χ4n) is 2.77. The molecule has 0 bridgehead atoms. The first-order valence-electron chi connectivity index (χ1n) is 7.76. The molecule has 0 radical (unpaired) electrons. The molecule has 1 aliphatic heterocycles. The van der Waals surface area contributed by atoms with Gasteiger partial charge in [0.15, 0.2) is 0 Å². The molecule has 1 heterocycles. The maximum Gasteiger partial charge on any atom is 0.236 e. The molecule has 1 fully saturated rings. The van der Waals surface area contributed by atoms with Crippen molar-refractivity contribution in [3.05, 3.63) is 0 Å². The SMILES string of the molecule is CC(C)N(CCNCC(=O)N1CCCCC1)C(C)C. The van der Waals surface area contributed by atoms with Crippen molar-refractivity contribution in [3.8, 4) is 0 Å². The van der Waals surface area contributed by atoms with Crippen LogP contribution in [-0.2, 0) is 4.79 Å². The van der Waals surface area contributed by atoms with Crippen molar-refractivity contribution in [3.63, 3.8) is 0 Å². The van der Waals surface area contributed by atoms with Crippen molar-refractivity contribution in [2.45, 2.75) is 59.0 Å². The highest BCUT2D eigenvalue weighted by atomic mass is 16.2. The minimum absolute atomic E-state index is 0.264. The summed E-state index contributed by atoms with van der Waals surface area (Å²) >= 11 is 0. The number of carbonyl (C=O) groups excluding carboxylic acids is 1. The topological polar surface area (TPSA) is 35.6 Å². The van der Waals surface area contributed by atoms with Crippen LogP contribution >= 0.6 is 0 Å². The van der Waals surface area contributed by atoms with Crippen molar-refractivity contribution in [2.24, 2.45) is 0 Å². The summed E-state index contributed by atoms with van der Waals surface area (Å²) in [6.45, 7) is 13.2. The van der Waals surface area contributed by atoms with Crippen LogP contribution in [0.25, 0.3) is 0 Å². The number of hydrogen-bond acceptors (Lipinski definition) is 3. The average molecular weight is 269 g/mol. The number of amides is 1. The summed E-state index contributed by atoms with van der Waals surface area (Å²) in [5, 5.41) is 3.29. The third-order valence-electron chi connectivity index (χ3n) is 3.86.